The summed E-state index contributed by atoms with van der Waals surface area (Å²) >= 11 is 0. The van der Waals surface area contributed by atoms with Crippen LogP contribution in [0.3, 0.4) is 0 Å². The molecule has 2 fully saturated rings. The van der Waals surface area contributed by atoms with E-state index >= 15 is 0 Å². The molecule has 0 radical (unpaired) electrons. The molecule has 6 nitrogen and oxygen atoms in total. The molecule has 0 spiro atoms. The number of nitrogens with one attached hydrogen (secondary N) is 2. The predicted octanol–water partition coefficient (Wildman–Crippen LogP) is -0.408. The molecule has 2 unspecified atom stereocenters. The van der Waals surface area contributed by atoms with Gasteiger partial charge in [-0.05, 0) is 19.9 Å². The third-order valence-electron chi connectivity index (χ3n) is 4.15. The predicted molar refractivity (Wildman–Crippen MR) is 64.1 cm³/mol. The van der Waals surface area contributed by atoms with Crippen molar-refractivity contribution in [3.05, 3.63) is 0 Å². The van der Waals surface area contributed by atoms with E-state index in [4.69, 9.17) is 4.74 Å². The largest absolute Gasteiger partial charge is 0.481 e. The van der Waals surface area contributed by atoms with Gasteiger partial charge in [-0.15, -0.1) is 0 Å². The minimum absolute atomic E-state index is 0.0205. The van der Waals surface area contributed by atoms with E-state index in [1.54, 1.807) is 7.05 Å². The molecule has 1 aliphatic heterocycles. The van der Waals surface area contributed by atoms with E-state index in [-0.39, 0.29) is 24.4 Å². The fourth-order valence-electron chi connectivity index (χ4n) is 2.55. The number of aliphatic carboxylic acids is 1. The van der Waals surface area contributed by atoms with Gasteiger partial charge in [0.15, 0.2) is 0 Å². The summed E-state index contributed by atoms with van der Waals surface area (Å²) in [5.41, 5.74) is -0.732. The maximum atomic E-state index is 12.0. The summed E-state index contributed by atoms with van der Waals surface area (Å²) in [4.78, 5) is 23.2. The number of likely N-dealkylation sites (N-methyl/N-ethyl adjacent to an activating group) is 1. The molecule has 6 heteroatoms. The van der Waals surface area contributed by atoms with Crippen molar-refractivity contribution >= 4 is 11.9 Å². The minimum Gasteiger partial charge on any atom is -0.481 e. The molecular weight excluding hydrogens is 236 g/mol. The first-order valence-corrected chi connectivity index (χ1v) is 6.35. The number of hydrogen-bond donors (Lipinski definition) is 3. The first kappa shape index (κ1) is 13.3. The Morgan fingerprint density at radius 3 is 2.61 bits per heavy atom. The number of carboxylic acids is 1. The lowest BCUT2D eigenvalue weighted by molar-refractivity contribution is -0.154. The molecule has 3 N–H and O–H groups in total. The highest BCUT2D eigenvalue weighted by molar-refractivity contribution is 5.82. The maximum Gasteiger partial charge on any atom is 0.311 e. The molecular formula is C12H20N2O4. The smallest absolute Gasteiger partial charge is 0.311 e. The lowest BCUT2D eigenvalue weighted by Crippen LogP contribution is -2.50. The highest BCUT2D eigenvalue weighted by Gasteiger charge is 2.45. The molecule has 2 aliphatic rings. The lowest BCUT2D eigenvalue weighted by Gasteiger charge is -2.37. The van der Waals surface area contributed by atoms with Gasteiger partial charge in [0.1, 0.15) is 0 Å². The fraction of sp³-hybridized carbons (Fsp3) is 0.833. The van der Waals surface area contributed by atoms with Gasteiger partial charge >= 0.3 is 5.97 Å². The Hall–Kier alpha value is -1.14. The number of carboxylic acid groups (broad SMARTS) is 1. The molecule has 0 aromatic heterocycles. The van der Waals surface area contributed by atoms with Crippen LogP contribution in [-0.4, -0.2) is 49.8 Å². The van der Waals surface area contributed by atoms with Crippen LogP contribution in [0.4, 0.5) is 0 Å². The van der Waals surface area contributed by atoms with Crippen LogP contribution < -0.4 is 10.6 Å². The number of amides is 1. The Balaban J connectivity index is 1.86. The Kier molecular flexibility index (Phi) is 3.87. The number of carbonyl (C=O) groups is 2. The summed E-state index contributed by atoms with van der Waals surface area (Å²) in [5.74, 6) is -1.14. The van der Waals surface area contributed by atoms with Crippen molar-refractivity contribution in [3.8, 4) is 0 Å². The number of rotatable bonds is 5. The zero-order valence-electron chi connectivity index (χ0n) is 10.6. The van der Waals surface area contributed by atoms with E-state index in [2.05, 4.69) is 10.6 Å². The Morgan fingerprint density at radius 2 is 2.11 bits per heavy atom. The minimum atomic E-state index is -0.804. The molecule has 1 aliphatic carbocycles. The van der Waals surface area contributed by atoms with Crippen LogP contribution in [0.2, 0.25) is 0 Å². The van der Waals surface area contributed by atoms with E-state index in [9.17, 15) is 14.7 Å². The summed E-state index contributed by atoms with van der Waals surface area (Å²) in [5, 5.41) is 15.0. The molecule has 102 valence electrons. The van der Waals surface area contributed by atoms with Crippen LogP contribution in [-0.2, 0) is 14.3 Å². The summed E-state index contributed by atoms with van der Waals surface area (Å²) in [6, 6.07) is 0.0205. The maximum absolute atomic E-state index is 12.0. The average Bonchev–Trinajstić information content (AvgIpc) is 2.74. The second-order valence-electron chi connectivity index (χ2n) is 5.20. The molecule has 2 rings (SSSR count). The molecule has 0 aromatic rings. The number of carbonyl (C=O) groups excluding carboxylic acids is 1. The van der Waals surface area contributed by atoms with Gasteiger partial charge in [-0.25, -0.2) is 0 Å². The van der Waals surface area contributed by atoms with Crippen LogP contribution in [0.25, 0.3) is 0 Å². The Labute approximate surface area is 106 Å². The zero-order chi connectivity index (χ0) is 13.2. The van der Waals surface area contributed by atoms with E-state index < -0.39 is 11.4 Å². The van der Waals surface area contributed by atoms with Gasteiger partial charge in [0.25, 0.3) is 0 Å². The molecule has 2 atom stereocenters. The number of ether oxygens (including phenoxy) is 1. The van der Waals surface area contributed by atoms with Gasteiger partial charge in [0.2, 0.25) is 5.91 Å². The molecule has 1 saturated carbocycles. The van der Waals surface area contributed by atoms with Crippen molar-refractivity contribution in [3.63, 3.8) is 0 Å². The number of hydrogen-bond acceptors (Lipinski definition) is 4. The Bertz CT molecular complexity index is 341. The summed E-state index contributed by atoms with van der Waals surface area (Å²) in [6.07, 6.45) is 2.23. The highest BCUT2D eigenvalue weighted by atomic mass is 16.5. The normalized spacial score (nSPS) is 29.6. The third-order valence-corrected chi connectivity index (χ3v) is 4.15. The van der Waals surface area contributed by atoms with Crippen LogP contribution in [0.15, 0.2) is 0 Å². The van der Waals surface area contributed by atoms with Crippen LogP contribution in [0.1, 0.15) is 19.3 Å². The summed E-state index contributed by atoms with van der Waals surface area (Å²) in [6.45, 7) is 1.16. The zero-order valence-corrected chi connectivity index (χ0v) is 10.6. The van der Waals surface area contributed by atoms with Gasteiger partial charge in [-0.1, -0.05) is 6.42 Å². The van der Waals surface area contributed by atoms with Gasteiger partial charge in [0, 0.05) is 12.6 Å². The average molecular weight is 256 g/mol. The summed E-state index contributed by atoms with van der Waals surface area (Å²) in [7, 11) is 1.80. The molecule has 18 heavy (non-hydrogen) atoms. The van der Waals surface area contributed by atoms with Crippen LogP contribution >= 0.6 is 0 Å². The van der Waals surface area contributed by atoms with E-state index in [0.29, 0.717) is 26.1 Å². The molecule has 1 amide bonds. The van der Waals surface area contributed by atoms with E-state index in [1.165, 1.54) is 0 Å². The quantitative estimate of drug-likeness (QED) is 0.622. The second kappa shape index (κ2) is 5.24. The summed E-state index contributed by atoms with van der Waals surface area (Å²) < 4.78 is 5.26. The first-order valence-electron chi connectivity index (χ1n) is 6.35. The van der Waals surface area contributed by atoms with E-state index in [1.807, 2.05) is 0 Å². The van der Waals surface area contributed by atoms with Crippen molar-refractivity contribution in [2.24, 2.45) is 11.3 Å². The lowest BCUT2D eigenvalue weighted by atomic mass is 9.68. The van der Waals surface area contributed by atoms with Crippen molar-refractivity contribution in [2.45, 2.75) is 25.3 Å². The topological polar surface area (TPSA) is 87.7 Å². The molecule has 1 saturated heterocycles. The van der Waals surface area contributed by atoms with Crippen LogP contribution in [0.5, 0.6) is 0 Å². The fourth-order valence-corrected chi connectivity index (χ4v) is 2.55. The SMILES string of the molecule is CNC1COCC1C(=O)NCC1(C(=O)O)CCC1. The van der Waals surface area contributed by atoms with Gasteiger partial charge < -0.3 is 20.5 Å². The van der Waals surface area contributed by atoms with Crippen molar-refractivity contribution in [1.82, 2.24) is 10.6 Å². The second-order valence-corrected chi connectivity index (χ2v) is 5.20. The van der Waals surface area contributed by atoms with Gasteiger partial charge in [-0.2, -0.15) is 0 Å². The van der Waals surface area contributed by atoms with E-state index in [0.717, 1.165) is 6.42 Å². The molecule has 1 heterocycles. The standard InChI is InChI=1S/C12H20N2O4/c1-13-9-6-18-5-8(9)10(15)14-7-12(11(16)17)3-2-4-12/h8-9,13H,2-7H2,1H3,(H,14,15)(H,16,17). The van der Waals surface area contributed by atoms with Crippen LogP contribution in [0, 0.1) is 11.3 Å². The van der Waals surface area contributed by atoms with Crippen molar-refractivity contribution in [1.29, 1.82) is 0 Å². The van der Waals surface area contributed by atoms with Gasteiger partial charge in [-0.3, -0.25) is 9.59 Å². The first-order chi connectivity index (χ1) is 8.59. The van der Waals surface area contributed by atoms with Crippen molar-refractivity contribution in [2.75, 3.05) is 26.8 Å². The molecule has 0 bridgehead atoms. The molecule has 0 aromatic carbocycles. The highest BCUT2D eigenvalue weighted by Crippen LogP contribution is 2.40. The monoisotopic (exact) mass is 256 g/mol. The Morgan fingerprint density at radius 1 is 1.39 bits per heavy atom. The van der Waals surface area contributed by atoms with Gasteiger partial charge in [0.05, 0.1) is 24.5 Å². The third kappa shape index (κ3) is 2.35. The van der Waals surface area contributed by atoms with Crippen molar-refractivity contribution < 1.29 is 19.4 Å².